The lowest BCUT2D eigenvalue weighted by molar-refractivity contribution is -0.197. The topological polar surface area (TPSA) is 43.8 Å². The zero-order valence-corrected chi connectivity index (χ0v) is 20.9. The molecule has 1 aromatic rings. The Morgan fingerprint density at radius 3 is 2.77 bits per heavy atom. The predicted molar refractivity (Wildman–Crippen MR) is 136 cm³/mol. The number of allylic oxidation sites excluding steroid dienone is 3. The Kier molecular flexibility index (Phi) is 4.23. The predicted octanol–water partition coefficient (Wildman–Crippen LogP) is 5.43. The van der Waals surface area contributed by atoms with Crippen molar-refractivity contribution < 1.29 is 9.90 Å². The van der Waals surface area contributed by atoms with E-state index in [0.717, 1.165) is 17.9 Å². The summed E-state index contributed by atoms with van der Waals surface area (Å²) < 4.78 is 0. The number of aliphatic hydroxyl groups is 1. The minimum Gasteiger partial charge on any atom is -0.508 e. The first-order valence-electron chi connectivity index (χ1n) is 14.2. The summed E-state index contributed by atoms with van der Waals surface area (Å²) in [4.78, 5) is 19.1. The van der Waals surface area contributed by atoms with Gasteiger partial charge in [0, 0.05) is 30.2 Å². The van der Waals surface area contributed by atoms with Gasteiger partial charge in [-0.3, -0.25) is 9.69 Å². The molecule has 2 aliphatic heterocycles. The standard InChI is InChI=1S/C31H38N2O2/c1-19-24-17-30-12-11-26(33(19)29(35)21-5-3-2-4-6-21)28(24)31(30)13-14-32(18-20-7-8-20)27(30)15-22-9-10-23(34)16-25(22)31/h2-6,9-10,16,19-20,22,24-28,34H,7-8,11-15,17-18H2,1H3/t19-,22?,24-,25?,26?,27?,28?,30?,31?/m1/s1. The Bertz CT molecular complexity index is 1120. The molecular weight excluding hydrogens is 432 g/mol. The number of rotatable bonds is 3. The molecule has 1 amide bonds. The molecule has 7 unspecified atom stereocenters. The second-order valence-corrected chi connectivity index (χ2v) is 13.1. The second-order valence-electron chi connectivity index (χ2n) is 13.1. The SMILES string of the molecule is C[C@@H]1[C@H]2CC34CCC(C2C32CCN(CC3CC3)C4CC3C=CC(O)=CC32)N1C(=O)c1ccccc1. The fourth-order valence-corrected chi connectivity index (χ4v) is 10.9. The van der Waals surface area contributed by atoms with Crippen molar-refractivity contribution in [2.75, 3.05) is 13.1 Å². The van der Waals surface area contributed by atoms with Crippen LogP contribution in [0, 0.1) is 40.4 Å². The highest BCUT2D eigenvalue weighted by Crippen LogP contribution is 2.80. The quantitative estimate of drug-likeness (QED) is 0.640. The number of fused-ring (bicyclic) bond motifs is 1. The zero-order chi connectivity index (χ0) is 23.5. The van der Waals surface area contributed by atoms with Gasteiger partial charge in [-0.1, -0.05) is 24.3 Å². The number of benzene rings is 1. The maximum Gasteiger partial charge on any atom is 0.254 e. The van der Waals surface area contributed by atoms with Crippen LogP contribution in [0.3, 0.4) is 0 Å². The number of carbonyl (C=O) groups excluding carboxylic acids is 1. The summed E-state index contributed by atoms with van der Waals surface area (Å²) in [5.74, 6) is 3.72. The van der Waals surface area contributed by atoms with Gasteiger partial charge in [0.15, 0.2) is 0 Å². The molecule has 0 aromatic heterocycles. The van der Waals surface area contributed by atoms with E-state index in [4.69, 9.17) is 0 Å². The second kappa shape index (κ2) is 7.03. The summed E-state index contributed by atoms with van der Waals surface area (Å²) in [6.45, 7) is 4.86. The number of nitrogens with zero attached hydrogens (tertiary/aromatic N) is 2. The number of hydrogen-bond donors (Lipinski definition) is 1. The van der Waals surface area contributed by atoms with Gasteiger partial charge in [-0.05, 0) is 123 Å². The molecule has 0 spiro atoms. The van der Waals surface area contributed by atoms with Crippen LogP contribution < -0.4 is 0 Å². The molecule has 7 aliphatic rings. The molecule has 9 atom stereocenters. The summed E-state index contributed by atoms with van der Waals surface area (Å²) in [5.41, 5.74) is 1.41. The van der Waals surface area contributed by atoms with Crippen molar-refractivity contribution in [2.45, 2.75) is 70.0 Å². The Morgan fingerprint density at radius 2 is 1.97 bits per heavy atom. The van der Waals surface area contributed by atoms with Gasteiger partial charge in [-0.25, -0.2) is 0 Å². The number of carbonyl (C=O) groups is 1. The van der Waals surface area contributed by atoms with E-state index < -0.39 is 0 Å². The summed E-state index contributed by atoms with van der Waals surface area (Å²) in [5, 5.41) is 10.7. The highest BCUT2D eigenvalue weighted by atomic mass is 16.3. The zero-order valence-electron chi connectivity index (χ0n) is 20.9. The van der Waals surface area contributed by atoms with E-state index in [9.17, 15) is 9.90 Å². The molecular formula is C31H38N2O2. The van der Waals surface area contributed by atoms with Crippen molar-refractivity contribution in [3.63, 3.8) is 0 Å². The Morgan fingerprint density at radius 1 is 1.14 bits per heavy atom. The number of aliphatic hydroxyl groups excluding tert-OH is 1. The molecule has 4 nitrogen and oxygen atoms in total. The van der Waals surface area contributed by atoms with Crippen LogP contribution in [0.5, 0.6) is 0 Å². The summed E-state index contributed by atoms with van der Waals surface area (Å²) in [7, 11) is 0. The van der Waals surface area contributed by atoms with Crippen LogP contribution in [0.4, 0.5) is 0 Å². The third kappa shape index (κ3) is 2.55. The number of hydrogen-bond acceptors (Lipinski definition) is 3. The molecule has 1 aromatic carbocycles. The highest BCUT2D eigenvalue weighted by Gasteiger charge is 2.79. The normalized spacial score (nSPS) is 47.3. The summed E-state index contributed by atoms with van der Waals surface area (Å²) in [6, 6.07) is 11.3. The largest absolute Gasteiger partial charge is 0.508 e. The van der Waals surface area contributed by atoms with E-state index in [0.29, 0.717) is 53.0 Å². The Labute approximate surface area is 209 Å². The van der Waals surface area contributed by atoms with Crippen molar-refractivity contribution in [3.8, 4) is 0 Å². The Balaban J connectivity index is 1.24. The first-order valence-corrected chi connectivity index (χ1v) is 14.2. The van der Waals surface area contributed by atoms with Crippen LogP contribution in [0.25, 0.3) is 0 Å². The molecule has 2 heterocycles. The lowest BCUT2D eigenvalue weighted by Gasteiger charge is -2.70. The van der Waals surface area contributed by atoms with Crippen molar-refractivity contribution in [3.05, 3.63) is 59.9 Å². The van der Waals surface area contributed by atoms with Gasteiger partial charge in [0.05, 0.1) is 0 Å². The average Bonchev–Trinajstić information content (AvgIpc) is 3.60. The minimum absolute atomic E-state index is 0.215. The van der Waals surface area contributed by atoms with E-state index in [1.807, 2.05) is 36.4 Å². The lowest BCUT2D eigenvalue weighted by atomic mass is 9.39. The fourth-order valence-electron chi connectivity index (χ4n) is 10.9. The first-order chi connectivity index (χ1) is 17.0. The molecule has 4 saturated carbocycles. The molecule has 184 valence electrons. The number of amides is 1. The van der Waals surface area contributed by atoms with Crippen molar-refractivity contribution in [1.29, 1.82) is 0 Å². The van der Waals surface area contributed by atoms with E-state index in [-0.39, 0.29) is 11.3 Å². The van der Waals surface area contributed by atoms with Gasteiger partial charge in [0.1, 0.15) is 5.76 Å². The van der Waals surface area contributed by atoms with Gasteiger partial charge in [0.25, 0.3) is 5.91 Å². The average molecular weight is 471 g/mol. The van der Waals surface area contributed by atoms with E-state index in [2.05, 4.69) is 28.9 Å². The van der Waals surface area contributed by atoms with E-state index in [1.54, 1.807) is 0 Å². The molecule has 6 fully saturated rings. The molecule has 5 aliphatic carbocycles. The van der Waals surface area contributed by atoms with Gasteiger partial charge >= 0.3 is 0 Å². The van der Waals surface area contributed by atoms with Crippen LogP contribution in [0.2, 0.25) is 0 Å². The lowest BCUT2D eigenvalue weighted by Crippen LogP contribution is -2.71. The summed E-state index contributed by atoms with van der Waals surface area (Å²) in [6.07, 6.45) is 15.6. The molecule has 4 bridgehead atoms. The molecule has 1 N–H and O–H groups in total. The van der Waals surface area contributed by atoms with Crippen LogP contribution in [0.1, 0.15) is 62.2 Å². The van der Waals surface area contributed by atoms with Crippen LogP contribution in [-0.4, -0.2) is 52.0 Å². The molecule has 35 heavy (non-hydrogen) atoms. The highest BCUT2D eigenvalue weighted by molar-refractivity contribution is 5.95. The van der Waals surface area contributed by atoms with Crippen LogP contribution in [-0.2, 0) is 0 Å². The van der Waals surface area contributed by atoms with Crippen LogP contribution in [0.15, 0.2) is 54.3 Å². The first kappa shape index (κ1) is 21.1. The van der Waals surface area contributed by atoms with Gasteiger partial charge in [0.2, 0.25) is 0 Å². The van der Waals surface area contributed by atoms with Crippen LogP contribution >= 0.6 is 0 Å². The molecule has 4 heteroatoms. The molecule has 8 rings (SSSR count). The number of piperidine rings is 1. The van der Waals surface area contributed by atoms with Crippen molar-refractivity contribution >= 4 is 5.91 Å². The van der Waals surface area contributed by atoms with Gasteiger partial charge in [-0.2, -0.15) is 0 Å². The summed E-state index contributed by atoms with van der Waals surface area (Å²) >= 11 is 0. The number of likely N-dealkylation sites (tertiary alicyclic amines) is 2. The minimum atomic E-state index is 0.215. The van der Waals surface area contributed by atoms with E-state index >= 15 is 0 Å². The van der Waals surface area contributed by atoms with Gasteiger partial charge in [-0.15, -0.1) is 0 Å². The maximum absolute atomic E-state index is 13.9. The molecule has 2 saturated heterocycles. The molecule has 0 radical (unpaired) electrons. The monoisotopic (exact) mass is 470 g/mol. The van der Waals surface area contributed by atoms with Crippen molar-refractivity contribution in [1.82, 2.24) is 9.80 Å². The Hall–Kier alpha value is -2.07. The smallest absolute Gasteiger partial charge is 0.254 e. The third-order valence-corrected chi connectivity index (χ3v) is 12.1. The van der Waals surface area contributed by atoms with Gasteiger partial charge < -0.3 is 10.0 Å². The maximum atomic E-state index is 13.9. The van der Waals surface area contributed by atoms with Crippen molar-refractivity contribution in [2.24, 2.45) is 40.4 Å². The van der Waals surface area contributed by atoms with E-state index in [1.165, 1.54) is 51.6 Å². The third-order valence-electron chi connectivity index (χ3n) is 12.1. The fraction of sp³-hybridized carbons (Fsp3) is 0.645.